The van der Waals surface area contributed by atoms with Crippen molar-refractivity contribution in [3.8, 4) is 0 Å². The van der Waals surface area contributed by atoms with Crippen molar-refractivity contribution in [3.63, 3.8) is 0 Å². The van der Waals surface area contributed by atoms with Gasteiger partial charge in [-0.25, -0.2) is 0 Å². The Morgan fingerprint density at radius 3 is 2.38 bits per heavy atom. The lowest BCUT2D eigenvalue weighted by atomic mass is 9.84. The Hall–Kier alpha value is -0.260. The van der Waals surface area contributed by atoms with Crippen LogP contribution in [-0.4, -0.2) is 0 Å². The molecule has 3 saturated carbocycles. The van der Waals surface area contributed by atoms with Gasteiger partial charge in [0.2, 0.25) is 0 Å². The van der Waals surface area contributed by atoms with Gasteiger partial charge in [0.05, 0.1) is 0 Å². The fraction of sp³-hybridized carbons (Fsp3) is 0.875. The minimum absolute atomic E-state index is 0.949. The second-order valence-corrected chi connectivity index (χ2v) is 6.62. The minimum Gasteiger partial charge on any atom is -0.0881 e. The number of allylic oxidation sites excluding steroid dienone is 2. The normalized spacial score (nSPS) is 54.2. The summed E-state index contributed by atoms with van der Waals surface area (Å²) in [5.74, 6) is 7.35. The molecule has 16 heavy (non-hydrogen) atoms. The summed E-state index contributed by atoms with van der Waals surface area (Å²) >= 11 is 0. The van der Waals surface area contributed by atoms with E-state index in [2.05, 4.69) is 33.8 Å². The molecule has 90 valence electrons. The van der Waals surface area contributed by atoms with Crippen LogP contribution in [0.5, 0.6) is 0 Å². The van der Waals surface area contributed by atoms with Crippen LogP contribution in [0.1, 0.15) is 47.0 Å². The second kappa shape index (κ2) is 3.62. The first-order valence-corrected chi connectivity index (χ1v) is 7.34. The van der Waals surface area contributed by atoms with Crippen molar-refractivity contribution in [3.05, 3.63) is 11.6 Å². The molecule has 3 aliphatic carbocycles. The van der Waals surface area contributed by atoms with E-state index in [1.54, 1.807) is 12.0 Å². The Bertz CT molecular complexity index is 306. The third-order valence-corrected chi connectivity index (χ3v) is 6.13. The van der Waals surface area contributed by atoms with Crippen LogP contribution in [0.25, 0.3) is 0 Å². The highest BCUT2D eigenvalue weighted by Crippen LogP contribution is 2.68. The molecule has 0 heterocycles. The molecule has 3 fully saturated rings. The number of hydrogen-bond acceptors (Lipinski definition) is 0. The highest BCUT2D eigenvalue weighted by molar-refractivity contribution is 5.22. The summed E-state index contributed by atoms with van der Waals surface area (Å²) in [4.78, 5) is 0. The first kappa shape index (κ1) is 10.9. The zero-order chi connectivity index (χ0) is 11.4. The molecule has 6 atom stereocenters. The van der Waals surface area contributed by atoms with E-state index in [0.717, 1.165) is 41.4 Å². The molecular formula is C16H26. The van der Waals surface area contributed by atoms with Crippen molar-refractivity contribution in [2.75, 3.05) is 0 Å². The summed E-state index contributed by atoms with van der Waals surface area (Å²) in [5, 5.41) is 0. The smallest absolute Gasteiger partial charge is 0.0146 e. The van der Waals surface area contributed by atoms with Crippen LogP contribution in [0.15, 0.2) is 11.6 Å². The van der Waals surface area contributed by atoms with E-state index >= 15 is 0 Å². The van der Waals surface area contributed by atoms with Gasteiger partial charge in [-0.2, -0.15) is 0 Å². The summed E-state index contributed by atoms with van der Waals surface area (Å²) < 4.78 is 0. The fourth-order valence-corrected chi connectivity index (χ4v) is 4.60. The van der Waals surface area contributed by atoms with Crippen molar-refractivity contribution < 1.29 is 0 Å². The molecule has 0 aromatic carbocycles. The van der Waals surface area contributed by atoms with Crippen LogP contribution in [0.3, 0.4) is 0 Å². The Labute approximate surface area is 101 Å². The molecule has 3 aliphatic rings. The molecule has 0 aliphatic heterocycles. The van der Waals surface area contributed by atoms with Gasteiger partial charge in [-0.05, 0) is 61.2 Å². The van der Waals surface area contributed by atoms with Gasteiger partial charge in [0.25, 0.3) is 0 Å². The first-order valence-electron chi connectivity index (χ1n) is 7.34. The maximum absolute atomic E-state index is 2.43. The Kier molecular flexibility index (Phi) is 2.46. The number of fused-ring (bicyclic) bond motifs is 1. The van der Waals surface area contributed by atoms with Crippen LogP contribution < -0.4 is 0 Å². The molecule has 6 unspecified atom stereocenters. The van der Waals surface area contributed by atoms with Gasteiger partial charge in [-0.15, -0.1) is 0 Å². The lowest BCUT2D eigenvalue weighted by molar-refractivity contribution is 0.279. The SMILES string of the molecule is CC=C(CC1C2CC(CC)C12)C1C(C)C1C. The lowest BCUT2D eigenvalue weighted by Crippen LogP contribution is -2.13. The third kappa shape index (κ3) is 1.41. The molecule has 0 N–H and O–H groups in total. The van der Waals surface area contributed by atoms with E-state index in [0.29, 0.717) is 0 Å². The van der Waals surface area contributed by atoms with Gasteiger partial charge >= 0.3 is 0 Å². The minimum atomic E-state index is 0.949. The second-order valence-electron chi connectivity index (χ2n) is 6.62. The van der Waals surface area contributed by atoms with Crippen LogP contribution >= 0.6 is 0 Å². The summed E-state index contributed by atoms with van der Waals surface area (Å²) in [6.07, 6.45) is 6.86. The molecule has 0 aromatic rings. The monoisotopic (exact) mass is 218 g/mol. The maximum Gasteiger partial charge on any atom is -0.0146 e. The summed E-state index contributed by atoms with van der Waals surface area (Å²) in [5.41, 5.74) is 1.80. The zero-order valence-corrected chi connectivity index (χ0v) is 11.2. The Morgan fingerprint density at radius 2 is 1.94 bits per heavy atom. The Morgan fingerprint density at radius 1 is 1.25 bits per heavy atom. The van der Waals surface area contributed by atoms with Gasteiger partial charge < -0.3 is 0 Å². The molecule has 0 heteroatoms. The average Bonchev–Trinajstić information content (AvgIpc) is 3.01. The molecule has 3 rings (SSSR count). The van der Waals surface area contributed by atoms with Crippen LogP contribution in [0.4, 0.5) is 0 Å². The summed E-state index contributed by atoms with van der Waals surface area (Å²) in [7, 11) is 0. The highest BCUT2D eigenvalue weighted by Gasteiger charge is 2.62. The first-order chi connectivity index (χ1) is 7.69. The van der Waals surface area contributed by atoms with Crippen LogP contribution in [0, 0.1) is 41.4 Å². The fourth-order valence-electron chi connectivity index (χ4n) is 4.60. The van der Waals surface area contributed by atoms with E-state index in [1.807, 2.05) is 0 Å². The quantitative estimate of drug-likeness (QED) is 0.609. The van der Waals surface area contributed by atoms with Crippen molar-refractivity contribution in [1.29, 1.82) is 0 Å². The standard InChI is InChI=1S/C16H26/c1-5-11(15-9(3)10(15)4)7-13-14-8-12(6-2)16(13)14/h5,9-10,12-16H,6-8H2,1-4H3. The van der Waals surface area contributed by atoms with Crippen molar-refractivity contribution in [1.82, 2.24) is 0 Å². The topological polar surface area (TPSA) is 0 Å². The molecule has 0 saturated heterocycles. The van der Waals surface area contributed by atoms with Gasteiger partial charge in [0, 0.05) is 0 Å². The highest BCUT2D eigenvalue weighted by atomic mass is 14.7. The molecule has 0 spiro atoms. The average molecular weight is 218 g/mol. The summed E-state index contributed by atoms with van der Waals surface area (Å²) in [6.45, 7) is 9.48. The largest absolute Gasteiger partial charge is 0.0881 e. The summed E-state index contributed by atoms with van der Waals surface area (Å²) in [6, 6.07) is 0. The third-order valence-electron chi connectivity index (χ3n) is 6.13. The maximum atomic E-state index is 2.43. The molecule has 0 bridgehead atoms. The zero-order valence-electron chi connectivity index (χ0n) is 11.2. The van der Waals surface area contributed by atoms with Crippen LogP contribution in [0.2, 0.25) is 0 Å². The molecule has 0 nitrogen and oxygen atoms in total. The van der Waals surface area contributed by atoms with Gasteiger partial charge in [0.1, 0.15) is 0 Å². The van der Waals surface area contributed by atoms with Crippen molar-refractivity contribution in [2.24, 2.45) is 41.4 Å². The van der Waals surface area contributed by atoms with E-state index in [-0.39, 0.29) is 0 Å². The van der Waals surface area contributed by atoms with Crippen LogP contribution in [-0.2, 0) is 0 Å². The molecule has 0 radical (unpaired) electrons. The van der Waals surface area contributed by atoms with E-state index in [4.69, 9.17) is 0 Å². The number of rotatable bonds is 4. The Balaban J connectivity index is 1.56. The van der Waals surface area contributed by atoms with Gasteiger partial charge in [0.15, 0.2) is 0 Å². The van der Waals surface area contributed by atoms with E-state index in [1.165, 1.54) is 12.8 Å². The van der Waals surface area contributed by atoms with Crippen molar-refractivity contribution >= 4 is 0 Å². The van der Waals surface area contributed by atoms with Gasteiger partial charge in [-0.3, -0.25) is 0 Å². The predicted octanol–water partition coefficient (Wildman–Crippen LogP) is 4.52. The van der Waals surface area contributed by atoms with Gasteiger partial charge in [-0.1, -0.05) is 38.8 Å². The number of hydrogen-bond donors (Lipinski definition) is 0. The van der Waals surface area contributed by atoms with E-state index < -0.39 is 0 Å². The lowest BCUT2D eigenvalue weighted by Gasteiger charge is -2.22. The molecular weight excluding hydrogens is 192 g/mol. The predicted molar refractivity (Wildman–Crippen MR) is 69.1 cm³/mol. The van der Waals surface area contributed by atoms with E-state index in [9.17, 15) is 0 Å². The molecule has 0 amide bonds. The van der Waals surface area contributed by atoms with Crippen molar-refractivity contribution in [2.45, 2.75) is 47.0 Å². The molecule has 0 aromatic heterocycles.